The molecule has 0 radical (unpaired) electrons. The number of amides is 3. The fraction of sp³-hybridized carbons (Fsp3) is 0.462. The molecule has 1 aliphatic heterocycles. The molecule has 1 aromatic rings. The number of nitrogens with zero attached hydrogens (tertiary/aromatic N) is 3. The third-order valence-electron chi connectivity index (χ3n) is 3.69. The molecule has 0 aromatic carbocycles. The van der Waals surface area contributed by atoms with Crippen molar-refractivity contribution in [2.75, 3.05) is 30.3 Å². The first-order chi connectivity index (χ1) is 14.3. The Morgan fingerprint density at radius 2 is 2.03 bits per heavy atom. The van der Waals surface area contributed by atoms with Crippen molar-refractivity contribution in [2.45, 2.75) is 12.1 Å². The Kier molecular flexibility index (Phi) is 7.58. The second kappa shape index (κ2) is 9.43. The summed E-state index contributed by atoms with van der Waals surface area (Å²) in [6.07, 6.45) is 0.792. The Bertz CT molecular complexity index is 1130. The van der Waals surface area contributed by atoms with Gasteiger partial charge in [-0.05, 0) is 0 Å². The van der Waals surface area contributed by atoms with Crippen LogP contribution in [-0.2, 0) is 39.4 Å². The molecule has 14 nitrogen and oxygen atoms in total. The van der Waals surface area contributed by atoms with Gasteiger partial charge in [0.25, 0.3) is 11.8 Å². The van der Waals surface area contributed by atoms with E-state index in [4.69, 9.17) is 16.2 Å². The number of hydrogen-bond donors (Lipinski definition) is 3. The van der Waals surface area contributed by atoms with Gasteiger partial charge in [-0.25, -0.2) is 17.7 Å². The van der Waals surface area contributed by atoms with Gasteiger partial charge in [0, 0.05) is 11.6 Å². The predicted octanol–water partition coefficient (Wildman–Crippen LogP) is -1.79. The normalized spacial score (nSPS) is 19.5. The Hall–Kier alpha value is -2.34. The number of thiazole rings is 1. The summed E-state index contributed by atoms with van der Waals surface area (Å²) in [5.74, 6) is -4.01. The van der Waals surface area contributed by atoms with Crippen molar-refractivity contribution in [2.24, 2.45) is 5.16 Å². The number of carbonyl (C=O) groups is 3. The van der Waals surface area contributed by atoms with Gasteiger partial charge in [-0.15, -0.1) is 22.9 Å². The maximum Gasteiger partial charge on any atom is 0.362 e. The van der Waals surface area contributed by atoms with Crippen molar-refractivity contribution in [3.05, 3.63) is 11.1 Å². The lowest BCUT2D eigenvalue weighted by atomic mass is 10.0. The van der Waals surface area contributed by atoms with Crippen LogP contribution in [-0.4, -0.2) is 91.2 Å². The van der Waals surface area contributed by atoms with E-state index >= 15 is 0 Å². The molecule has 1 fully saturated rings. The van der Waals surface area contributed by atoms with Gasteiger partial charge in [0.1, 0.15) is 34.6 Å². The number of oxime groups is 1. The number of carbonyl (C=O) groups excluding carboxylic acids is 3. The molecule has 1 aliphatic rings. The number of halogens is 1. The standard InChI is InChI=1S/C13H16ClN5O9S3/c1-28-18-9(6-4-29-13(15-6)16-8(20)3-14)11(21)17-10-7(5-30(2,23)24)19(12(10)22)31(25,26)27/h4,7,10H,3,5H2,1-2H3,(H,17,21)(H,15,16,20)(H,25,26,27). The molecule has 3 N–H and O–H groups in total. The highest BCUT2D eigenvalue weighted by atomic mass is 35.5. The molecule has 1 saturated heterocycles. The van der Waals surface area contributed by atoms with Crippen molar-refractivity contribution in [3.63, 3.8) is 0 Å². The molecule has 2 rings (SSSR count). The molecule has 2 heterocycles. The molecule has 172 valence electrons. The fourth-order valence-electron chi connectivity index (χ4n) is 2.53. The fourth-order valence-corrected chi connectivity index (χ4v) is 5.25. The molecule has 0 bridgehead atoms. The van der Waals surface area contributed by atoms with E-state index in [1.54, 1.807) is 0 Å². The second-order valence-corrected chi connectivity index (χ2v) is 10.7. The van der Waals surface area contributed by atoms with E-state index in [1.807, 2.05) is 0 Å². The monoisotopic (exact) mass is 517 g/mol. The van der Waals surface area contributed by atoms with E-state index in [0.29, 0.717) is 0 Å². The molecule has 0 spiro atoms. The van der Waals surface area contributed by atoms with Crippen LogP contribution in [0.4, 0.5) is 5.13 Å². The van der Waals surface area contributed by atoms with Gasteiger partial charge < -0.3 is 15.5 Å². The van der Waals surface area contributed by atoms with Gasteiger partial charge in [-0.1, -0.05) is 5.16 Å². The Balaban J connectivity index is 2.26. The van der Waals surface area contributed by atoms with Crippen molar-refractivity contribution in [3.8, 4) is 0 Å². The molecule has 18 heteroatoms. The smallest absolute Gasteiger partial charge is 0.362 e. The highest BCUT2D eigenvalue weighted by molar-refractivity contribution is 7.90. The first kappa shape index (κ1) is 24.9. The highest BCUT2D eigenvalue weighted by Gasteiger charge is 2.55. The summed E-state index contributed by atoms with van der Waals surface area (Å²) in [5, 5.41) is 9.45. The van der Waals surface area contributed by atoms with Gasteiger partial charge in [0.2, 0.25) is 5.91 Å². The summed E-state index contributed by atoms with van der Waals surface area (Å²) >= 11 is 6.32. The Morgan fingerprint density at radius 3 is 2.55 bits per heavy atom. The Labute approximate surface area is 185 Å². The molecule has 31 heavy (non-hydrogen) atoms. The van der Waals surface area contributed by atoms with Crippen LogP contribution in [0.25, 0.3) is 0 Å². The first-order valence-electron chi connectivity index (χ1n) is 8.00. The Morgan fingerprint density at radius 1 is 1.39 bits per heavy atom. The lowest BCUT2D eigenvalue weighted by Gasteiger charge is -2.43. The maximum absolute atomic E-state index is 12.6. The average Bonchev–Trinajstić information content (AvgIpc) is 3.09. The number of nitrogens with one attached hydrogen (secondary N) is 2. The first-order valence-corrected chi connectivity index (χ1v) is 12.9. The predicted molar refractivity (Wildman–Crippen MR) is 109 cm³/mol. The lowest BCUT2D eigenvalue weighted by molar-refractivity contribution is -0.143. The number of alkyl halides is 1. The van der Waals surface area contributed by atoms with Crippen LogP contribution >= 0.6 is 22.9 Å². The van der Waals surface area contributed by atoms with E-state index in [0.717, 1.165) is 24.7 Å². The minimum absolute atomic E-state index is 0.0330. The zero-order chi connectivity index (χ0) is 23.6. The summed E-state index contributed by atoms with van der Waals surface area (Å²) in [5.41, 5.74) is -0.506. The molecular weight excluding hydrogens is 502 g/mol. The molecule has 2 unspecified atom stereocenters. The number of hydrogen-bond acceptors (Lipinski definition) is 11. The van der Waals surface area contributed by atoms with Gasteiger partial charge in [-0.3, -0.25) is 18.9 Å². The summed E-state index contributed by atoms with van der Waals surface area (Å²) in [6.45, 7) is 0. The molecule has 0 saturated carbocycles. The quantitative estimate of drug-likeness (QED) is 0.110. The van der Waals surface area contributed by atoms with Crippen molar-refractivity contribution >= 4 is 71.6 Å². The minimum atomic E-state index is -5.05. The maximum atomic E-state index is 12.6. The van der Waals surface area contributed by atoms with E-state index < -0.39 is 61.4 Å². The molecule has 0 aliphatic carbocycles. The van der Waals surface area contributed by atoms with E-state index in [9.17, 15) is 31.2 Å². The largest absolute Gasteiger partial charge is 0.398 e. The van der Waals surface area contributed by atoms with Crippen LogP contribution in [0.3, 0.4) is 0 Å². The lowest BCUT2D eigenvalue weighted by Crippen LogP contribution is -2.73. The van der Waals surface area contributed by atoms with Crippen LogP contribution in [0.2, 0.25) is 0 Å². The summed E-state index contributed by atoms with van der Waals surface area (Å²) in [4.78, 5) is 44.7. The van der Waals surface area contributed by atoms with Crippen LogP contribution in [0.15, 0.2) is 10.5 Å². The number of β-lactam (4-membered cyclic amide) rings is 1. The van der Waals surface area contributed by atoms with Gasteiger partial charge in [-0.2, -0.15) is 8.42 Å². The number of anilines is 1. The van der Waals surface area contributed by atoms with Crippen LogP contribution < -0.4 is 10.6 Å². The third-order valence-corrected chi connectivity index (χ3v) is 6.59. The van der Waals surface area contributed by atoms with Crippen LogP contribution in [0, 0.1) is 0 Å². The second-order valence-electron chi connectivity index (χ2n) is 6.06. The SMILES string of the molecule is CON=C(C(=O)NC1C(=O)N(S(=O)(=O)O)C1CS(C)(=O)=O)c1csc(NC(=O)CCl)n1. The van der Waals surface area contributed by atoms with Crippen LogP contribution in [0.1, 0.15) is 5.69 Å². The summed E-state index contributed by atoms with van der Waals surface area (Å²) in [6, 6.07) is -3.15. The van der Waals surface area contributed by atoms with Gasteiger partial charge >= 0.3 is 10.3 Å². The zero-order valence-electron chi connectivity index (χ0n) is 15.8. The van der Waals surface area contributed by atoms with Crippen LogP contribution in [0.5, 0.6) is 0 Å². The van der Waals surface area contributed by atoms with Crippen molar-refractivity contribution in [1.29, 1.82) is 0 Å². The summed E-state index contributed by atoms with van der Waals surface area (Å²) < 4.78 is 55.1. The average molecular weight is 518 g/mol. The number of aromatic nitrogens is 1. The zero-order valence-corrected chi connectivity index (χ0v) is 19.0. The van der Waals surface area contributed by atoms with E-state index in [-0.39, 0.29) is 21.0 Å². The molecule has 1 aromatic heterocycles. The van der Waals surface area contributed by atoms with Crippen molar-refractivity contribution < 1.29 is 40.6 Å². The van der Waals surface area contributed by atoms with Crippen molar-refractivity contribution in [1.82, 2.24) is 14.6 Å². The van der Waals surface area contributed by atoms with E-state index in [2.05, 4.69) is 25.6 Å². The molecule has 2 atom stereocenters. The molecular formula is C13H16ClN5O9S3. The number of sulfone groups is 1. The van der Waals surface area contributed by atoms with Gasteiger partial charge in [0.05, 0.1) is 11.8 Å². The molecule has 3 amide bonds. The third kappa shape index (κ3) is 6.10. The van der Waals surface area contributed by atoms with Gasteiger partial charge in [0.15, 0.2) is 10.8 Å². The summed E-state index contributed by atoms with van der Waals surface area (Å²) in [7, 11) is -7.73. The highest BCUT2D eigenvalue weighted by Crippen LogP contribution is 2.25. The topological polar surface area (TPSA) is 202 Å². The number of rotatable bonds is 9. The van der Waals surface area contributed by atoms with E-state index in [1.165, 1.54) is 5.38 Å². The minimum Gasteiger partial charge on any atom is -0.398 e.